The fourth-order valence-electron chi connectivity index (χ4n) is 1.69. The lowest BCUT2D eigenvalue weighted by Gasteiger charge is -2.02. The second kappa shape index (κ2) is 3.86. The van der Waals surface area contributed by atoms with Crippen molar-refractivity contribution in [3.63, 3.8) is 0 Å². The van der Waals surface area contributed by atoms with Gasteiger partial charge in [-0.15, -0.1) is 0 Å². The minimum atomic E-state index is 0.985. The van der Waals surface area contributed by atoms with Gasteiger partial charge in [0.25, 0.3) is 0 Å². The number of nitrogens with zero attached hydrogens (tertiary/aromatic N) is 3. The molecule has 2 aromatic heterocycles. The van der Waals surface area contributed by atoms with Crippen molar-refractivity contribution in [2.75, 3.05) is 0 Å². The minimum absolute atomic E-state index is 0.985. The summed E-state index contributed by atoms with van der Waals surface area (Å²) < 4.78 is 3.12. The van der Waals surface area contributed by atoms with Gasteiger partial charge in [-0.1, -0.05) is 0 Å². The van der Waals surface area contributed by atoms with Gasteiger partial charge in [0.2, 0.25) is 0 Å². The summed E-state index contributed by atoms with van der Waals surface area (Å²) in [6.45, 7) is 0. The van der Waals surface area contributed by atoms with Crippen LogP contribution in [-0.2, 0) is 0 Å². The maximum atomic E-state index is 4.38. The molecule has 0 radical (unpaired) electrons. The Kier molecular flexibility index (Phi) is 2.36. The smallest absolute Gasteiger partial charge is 0.0836 e. The molecule has 0 unspecified atom stereocenters. The Bertz CT molecular complexity index is 631. The molecule has 0 aliphatic rings. The average molecular weight is 321 g/mol. The van der Waals surface area contributed by atoms with Gasteiger partial charge in [0.05, 0.1) is 23.6 Å². The van der Waals surface area contributed by atoms with Gasteiger partial charge in [-0.3, -0.25) is 4.98 Å². The highest BCUT2D eigenvalue weighted by atomic mass is 127. The maximum absolute atomic E-state index is 4.38. The van der Waals surface area contributed by atoms with E-state index in [1.807, 2.05) is 29.2 Å². The third-order valence-electron chi connectivity index (χ3n) is 2.42. The van der Waals surface area contributed by atoms with Gasteiger partial charge in [0, 0.05) is 15.2 Å². The van der Waals surface area contributed by atoms with Crippen LogP contribution in [0.4, 0.5) is 0 Å². The van der Waals surface area contributed by atoms with Gasteiger partial charge in [0.15, 0.2) is 0 Å². The van der Waals surface area contributed by atoms with Crippen LogP contribution in [-0.4, -0.2) is 14.8 Å². The first-order chi connectivity index (χ1) is 7.84. The summed E-state index contributed by atoms with van der Waals surface area (Å²) in [5.41, 5.74) is 2.09. The van der Waals surface area contributed by atoms with Crippen LogP contribution in [0, 0.1) is 3.57 Å². The van der Waals surface area contributed by atoms with Gasteiger partial charge < -0.3 is 0 Å². The van der Waals surface area contributed by atoms with Gasteiger partial charge in [-0.2, -0.15) is 5.10 Å². The number of pyridine rings is 1. The third kappa shape index (κ3) is 1.59. The zero-order chi connectivity index (χ0) is 11.0. The summed E-state index contributed by atoms with van der Waals surface area (Å²) in [4.78, 5) is 4.10. The second-order valence-electron chi connectivity index (χ2n) is 3.47. The van der Waals surface area contributed by atoms with E-state index in [9.17, 15) is 0 Å². The summed E-state index contributed by atoms with van der Waals surface area (Å²) in [7, 11) is 0. The quantitative estimate of drug-likeness (QED) is 0.645. The van der Waals surface area contributed by atoms with Crippen LogP contribution in [0.5, 0.6) is 0 Å². The summed E-state index contributed by atoms with van der Waals surface area (Å²) in [6, 6.07) is 10.2. The molecule has 16 heavy (non-hydrogen) atoms. The fourth-order valence-corrected chi connectivity index (χ4v) is 2.20. The molecule has 3 nitrogen and oxygen atoms in total. The van der Waals surface area contributed by atoms with E-state index in [2.05, 4.69) is 50.9 Å². The molecular weight excluding hydrogens is 313 g/mol. The first kappa shape index (κ1) is 9.77. The zero-order valence-electron chi connectivity index (χ0n) is 8.34. The number of hydrogen-bond acceptors (Lipinski definition) is 2. The van der Waals surface area contributed by atoms with Crippen LogP contribution in [0.25, 0.3) is 16.6 Å². The Morgan fingerprint density at radius 3 is 2.88 bits per heavy atom. The highest BCUT2D eigenvalue weighted by Crippen LogP contribution is 2.19. The van der Waals surface area contributed by atoms with Crippen molar-refractivity contribution >= 4 is 33.5 Å². The largest absolute Gasteiger partial charge is 0.262 e. The minimum Gasteiger partial charge on any atom is -0.262 e. The van der Waals surface area contributed by atoms with E-state index in [1.54, 1.807) is 6.20 Å². The summed E-state index contributed by atoms with van der Waals surface area (Å²) >= 11 is 2.30. The van der Waals surface area contributed by atoms with Crippen LogP contribution in [0.15, 0.2) is 48.9 Å². The predicted molar refractivity (Wildman–Crippen MR) is 71.6 cm³/mol. The molecule has 1 aromatic carbocycles. The molecular formula is C12H8IN3. The molecule has 0 saturated heterocycles. The normalized spacial score (nSPS) is 10.8. The van der Waals surface area contributed by atoms with Gasteiger partial charge in [-0.05, 0) is 52.9 Å². The molecule has 0 aliphatic heterocycles. The van der Waals surface area contributed by atoms with Gasteiger partial charge in [0.1, 0.15) is 0 Å². The Labute approximate surface area is 106 Å². The van der Waals surface area contributed by atoms with E-state index in [4.69, 9.17) is 0 Å². The molecule has 0 amide bonds. The van der Waals surface area contributed by atoms with Gasteiger partial charge >= 0.3 is 0 Å². The fraction of sp³-hybridized carbons (Fsp3) is 0. The number of aromatic nitrogens is 3. The molecule has 0 fully saturated rings. The number of halogens is 1. The monoisotopic (exact) mass is 321 g/mol. The van der Waals surface area contributed by atoms with Crippen molar-refractivity contribution in [2.24, 2.45) is 0 Å². The molecule has 0 atom stereocenters. The summed E-state index contributed by atoms with van der Waals surface area (Å²) in [5.74, 6) is 0. The van der Waals surface area contributed by atoms with Crippen LogP contribution >= 0.6 is 22.6 Å². The molecule has 3 aromatic rings. The molecule has 2 heterocycles. The highest BCUT2D eigenvalue weighted by molar-refractivity contribution is 14.1. The van der Waals surface area contributed by atoms with E-state index < -0.39 is 0 Å². The van der Waals surface area contributed by atoms with E-state index >= 15 is 0 Å². The highest BCUT2D eigenvalue weighted by Gasteiger charge is 2.04. The standard InChI is InChI=1S/C12H8IN3/c13-10-3-4-12-9(6-10)7-15-16(12)11-2-1-5-14-8-11/h1-8H. The van der Waals surface area contributed by atoms with Crippen molar-refractivity contribution < 1.29 is 0 Å². The second-order valence-corrected chi connectivity index (χ2v) is 4.72. The average Bonchev–Trinajstić information content (AvgIpc) is 2.73. The van der Waals surface area contributed by atoms with Crippen molar-refractivity contribution in [2.45, 2.75) is 0 Å². The van der Waals surface area contributed by atoms with Crippen molar-refractivity contribution in [3.05, 3.63) is 52.5 Å². The Balaban J connectivity index is 2.26. The Morgan fingerprint density at radius 1 is 1.12 bits per heavy atom. The molecule has 3 rings (SSSR count). The molecule has 0 saturated carbocycles. The number of hydrogen-bond donors (Lipinski definition) is 0. The van der Waals surface area contributed by atoms with Crippen LogP contribution < -0.4 is 0 Å². The first-order valence-electron chi connectivity index (χ1n) is 4.88. The van der Waals surface area contributed by atoms with Gasteiger partial charge in [-0.25, -0.2) is 4.68 Å². The van der Waals surface area contributed by atoms with Crippen LogP contribution in [0.3, 0.4) is 0 Å². The van der Waals surface area contributed by atoms with E-state index in [0.717, 1.165) is 16.6 Å². The lowest BCUT2D eigenvalue weighted by atomic mass is 10.2. The molecule has 0 aliphatic carbocycles. The Hall–Kier alpha value is -1.43. The summed E-state index contributed by atoms with van der Waals surface area (Å²) in [6.07, 6.45) is 5.45. The lowest BCUT2D eigenvalue weighted by molar-refractivity contribution is 0.903. The van der Waals surface area contributed by atoms with Crippen molar-refractivity contribution in [3.8, 4) is 5.69 Å². The predicted octanol–water partition coefficient (Wildman–Crippen LogP) is 3.03. The molecule has 0 bridgehead atoms. The number of rotatable bonds is 1. The van der Waals surface area contributed by atoms with Crippen molar-refractivity contribution in [1.82, 2.24) is 14.8 Å². The van der Waals surface area contributed by atoms with Crippen LogP contribution in [0.2, 0.25) is 0 Å². The van der Waals surface area contributed by atoms with E-state index in [-0.39, 0.29) is 0 Å². The number of benzene rings is 1. The van der Waals surface area contributed by atoms with Crippen LogP contribution in [0.1, 0.15) is 0 Å². The molecule has 4 heteroatoms. The Morgan fingerprint density at radius 2 is 2.06 bits per heavy atom. The number of fused-ring (bicyclic) bond motifs is 1. The maximum Gasteiger partial charge on any atom is 0.0836 e. The molecule has 78 valence electrons. The van der Waals surface area contributed by atoms with E-state index in [1.165, 1.54) is 3.57 Å². The SMILES string of the molecule is Ic1ccc2c(cnn2-c2cccnc2)c1. The molecule has 0 spiro atoms. The van der Waals surface area contributed by atoms with Crippen molar-refractivity contribution in [1.29, 1.82) is 0 Å². The lowest BCUT2D eigenvalue weighted by Crippen LogP contribution is -1.95. The topological polar surface area (TPSA) is 30.7 Å². The first-order valence-corrected chi connectivity index (χ1v) is 5.96. The third-order valence-corrected chi connectivity index (χ3v) is 3.09. The summed E-state index contributed by atoms with van der Waals surface area (Å²) in [5, 5.41) is 5.53. The van der Waals surface area contributed by atoms with E-state index in [0.29, 0.717) is 0 Å². The molecule has 0 N–H and O–H groups in total. The zero-order valence-corrected chi connectivity index (χ0v) is 10.5.